The van der Waals surface area contributed by atoms with Crippen LogP contribution in [0.25, 0.3) is 0 Å². The van der Waals surface area contributed by atoms with Crippen molar-refractivity contribution in [3.63, 3.8) is 0 Å². The number of para-hydroxylation sites is 1. The van der Waals surface area contributed by atoms with Gasteiger partial charge in [-0.05, 0) is 55.7 Å². The third kappa shape index (κ3) is 4.26. The predicted molar refractivity (Wildman–Crippen MR) is 93.3 cm³/mol. The normalized spacial score (nSPS) is 16.5. The van der Waals surface area contributed by atoms with Crippen molar-refractivity contribution in [2.45, 2.75) is 32.4 Å². The summed E-state index contributed by atoms with van der Waals surface area (Å²) >= 11 is 0. The third-order valence-corrected chi connectivity index (χ3v) is 4.34. The van der Waals surface area contributed by atoms with Gasteiger partial charge in [0.15, 0.2) is 0 Å². The van der Waals surface area contributed by atoms with Gasteiger partial charge in [0.1, 0.15) is 5.75 Å². The largest absolute Gasteiger partial charge is 0.435 e. The van der Waals surface area contributed by atoms with E-state index in [9.17, 15) is 13.6 Å². The standard InChI is InChI=1S/C19H20F2N2O2/c1-13-6-7-14-4-2-3-5-17(14)23(13)12-18(24)22-15-8-10-16(11-9-15)25-19(20)21/h2-5,8-11,13,19H,6-7,12H2,1H3,(H,22,24)/t13-/m1/s1. The molecule has 1 amide bonds. The number of hydrogen-bond donors (Lipinski definition) is 1. The Morgan fingerprint density at radius 1 is 1.24 bits per heavy atom. The van der Waals surface area contributed by atoms with Crippen LogP contribution in [0.5, 0.6) is 5.75 Å². The van der Waals surface area contributed by atoms with Crippen molar-refractivity contribution in [1.29, 1.82) is 0 Å². The molecule has 1 aliphatic rings. The molecule has 0 bridgehead atoms. The number of amides is 1. The van der Waals surface area contributed by atoms with Crippen molar-refractivity contribution >= 4 is 17.3 Å². The summed E-state index contributed by atoms with van der Waals surface area (Å²) in [7, 11) is 0. The molecule has 0 aromatic heterocycles. The van der Waals surface area contributed by atoms with Crippen LogP contribution in [0.1, 0.15) is 18.9 Å². The number of carbonyl (C=O) groups excluding carboxylic acids is 1. The molecule has 1 heterocycles. The first-order valence-corrected chi connectivity index (χ1v) is 8.22. The number of aryl methyl sites for hydroxylation is 1. The monoisotopic (exact) mass is 346 g/mol. The summed E-state index contributed by atoms with van der Waals surface area (Å²) in [6.07, 6.45) is 2.02. The predicted octanol–water partition coefficient (Wildman–Crippen LogP) is 4.07. The Labute approximate surface area is 145 Å². The number of hydrogen-bond acceptors (Lipinski definition) is 3. The molecule has 6 heteroatoms. The first-order valence-electron chi connectivity index (χ1n) is 8.22. The van der Waals surface area contributed by atoms with Gasteiger partial charge in [-0.1, -0.05) is 18.2 Å². The van der Waals surface area contributed by atoms with Crippen molar-refractivity contribution in [3.05, 3.63) is 54.1 Å². The molecule has 1 N–H and O–H groups in total. The van der Waals surface area contributed by atoms with Crippen LogP contribution in [0, 0.1) is 0 Å². The molecule has 0 fully saturated rings. The molecule has 132 valence electrons. The van der Waals surface area contributed by atoms with Crippen molar-refractivity contribution in [2.24, 2.45) is 0 Å². The SMILES string of the molecule is C[C@@H]1CCc2ccccc2N1CC(=O)Nc1ccc(OC(F)F)cc1. The van der Waals surface area contributed by atoms with Crippen LogP contribution < -0.4 is 15.0 Å². The van der Waals surface area contributed by atoms with Gasteiger partial charge >= 0.3 is 6.61 Å². The van der Waals surface area contributed by atoms with Gasteiger partial charge < -0.3 is 15.0 Å². The van der Waals surface area contributed by atoms with Crippen molar-refractivity contribution in [2.75, 3.05) is 16.8 Å². The lowest BCUT2D eigenvalue weighted by atomic mass is 9.96. The zero-order valence-electron chi connectivity index (χ0n) is 13.9. The summed E-state index contributed by atoms with van der Waals surface area (Å²) in [4.78, 5) is 14.5. The Hall–Kier alpha value is -2.63. The second-order valence-corrected chi connectivity index (χ2v) is 6.10. The van der Waals surface area contributed by atoms with Gasteiger partial charge in [0, 0.05) is 17.4 Å². The molecule has 0 aliphatic carbocycles. The molecule has 0 saturated carbocycles. The number of nitrogens with zero attached hydrogens (tertiary/aromatic N) is 1. The highest BCUT2D eigenvalue weighted by molar-refractivity contribution is 5.94. The Morgan fingerprint density at radius 3 is 2.68 bits per heavy atom. The molecular formula is C19H20F2N2O2. The van der Waals surface area contributed by atoms with Crippen molar-refractivity contribution in [1.82, 2.24) is 0 Å². The van der Waals surface area contributed by atoms with E-state index in [2.05, 4.69) is 27.9 Å². The number of halogens is 2. The molecule has 2 aromatic rings. The van der Waals surface area contributed by atoms with Gasteiger partial charge in [0.25, 0.3) is 0 Å². The van der Waals surface area contributed by atoms with Crippen molar-refractivity contribution in [3.8, 4) is 5.75 Å². The Balaban J connectivity index is 1.64. The molecule has 25 heavy (non-hydrogen) atoms. The maximum atomic E-state index is 12.4. The number of ether oxygens (including phenoxy) is 1. The van der Waals surface area contributed by atoms with E-state index in [-0.39, 0.29) is 24.2 Å². The average Bonchev–Trinajstić information content (AvgIpc) is 2.59. The van der Waals surface area contributed by atoms with E-state index in [0.29, 0.717) is 5.69 Å². The Morgan fingerprint density at radius 2 is 1.96 bits per heavy atom. The Kier molecular flexibility index (Phi) is 5.16. The number of nitrogens with one attached hydrogen (secondary N) is 1. The summed E-state index contributed by atoms with van der Waals surface area (Å²) in [5, 5.41) is 2.80. The molecule has 0 radical (unpaired) electrons. The highest BCUT2D eigenvalue weighted by Crippen LogP contribution is 2.30. The smallest absolute Gasteiger partial charge is 0.387 e. The minimum absolute atomic E-state index is 0.0616. The quantitative estimate of drug-likeness (QED) is 0.887. The maximum Gasteiger partial charge on any atom is 0.387 e. The van der Waals surface area contributed by atoms with Crippen LogP contribution in [0.3, 0.4) is 0 Å². The van der Waals surface area contributed by atoms with E-state index in [1.54, 1.807) is 12.1 Å². The van der Waals surface area contributed by atoms with E-state index < -0.39 is 6.61 Å². The second kappa shape index (κ2) is 7.51. The summed E-state index contributed by atoms with van der Waals surface area (Å²) in [5.74, 6) is -0.0855. The first-order chi connectivity index (χ1) is 12.0. The average molecular weight is 346 g/mol. The lowest BCUT2D eigenvalue weighted by Crippen LogP contribution is -2.42. The molecule has 4 nitrogen and oxygen atoms in total. The van der Waals surface area contributed by atoms with Gasteiger partial charge in [0.2, 0.25) is 5.91 Å². The highest BCUT2D eigenvalue weighted by atomic mass is 19.3. The van der Waals surface area contributed by atoms with Gasteiger partial charge in [0.05, 0.1) is 6.54 Å². The van der Waals surface area contributed by atoms with Crippen LogP contribution in [0.15, 0.2) is 48.5 Å². The number of carbonyl (C=O) groups is 1. The lowest BCUT2D eigenvalue weighted by Gasteiger charge is -2.36. The van der Waals surface area contributed by atoms with Gasteiger partial charge in [-0.15, -0.1) is 0 Å². The number of rotatable bonds is 5. The van der Waals surface area contributed by atoms with Crippen LogP contribution in [-0.2, 0) is 11.2 Å². The minimum Gasteiger partial charge on any atom is -0.435 e. The fourth-order valence-corrected chi connectivity index (χ4v) is 3.08. The van der Waals surface area contributed by atoms with Crippen LogP contribution in [0.4, 0.5) is 20.2 Å². The zero-order chi connectivity index (χ0) is 17.8. The fourth-order valence-electron chi connectivity index (χ4n) is 3.08. The van der Waals surface area contributed by atoms with E-state index in [0.717, 1.165) is 18.5 Å². The van der Waals surface area contributed by atoms with E-state index in [1.165, 1.54) is 17.7 Å². The van der Waals surface area contributed by atoms with Gasteiger partial charge in [-0.3, -0.25) is 4.79 Å². The lowest BCUT2D eigenvalue weighted by molar-refractivity contribution is -0.115. The summed E-state index contributed by atoms with van der Waals surface area (Å²) < 4.78 is 28.6. The highest BCUT2D eigenvalue weighted by Gasteiger charge is 2.24. The topological polar surface area (TPSA) is 41.6 Å². The summed E-state index contributed by atoms with van der Waals surface area (Å²) in [6, 6.07) is 14.3. The molecule has 0 unspecified atom stereocenters. The second-order valence-electron chi connectivity index (χ2n) is 6.10. The first kappa shape index (κ1) is 17.2. The van der Waals surface area contributed by atoms with Crippen LogP contribution >= 0.6 is 0 Å². The molecule has 1 aliphatic heterocycles. The Bertz CT molecular complexity index is 734. The fraction of sp³-hybridized carbons (Fsp3) is 0.316. The third-order valence-electron chi connectivity index (χ3n) is 4.34. The van der Waals surface area contributed by atoms with Crippen LogP contribution in [-0.4, -0.2) is 25.1 Å². The summed E-state index contributed by atoms with van der Waals surface area (Å²) in [5.41, 5.74) is 2.89. The maximum absolute atomic E-state index is 12.4. The molecule has 1 atom stereocenters. The number of benzene rings is 2. The molecule has 2 aromatic carbocycles. The number of alkyl halides is 2. The molecule has 0 spiro atoms. The number of fused-ring (bicyclic) bond motifs is 1. The van der Waals surface area contributed by atoms with E-state index in [1.807, 2.05) is 18.2 Å². The van der Waals surface area contributed by atoms with Crippen LogP contribution in [0.2, 0.25) is 0 Å². The number of anilines is 2. The molecule has 3 rings (SSSR count). The van der Waals surface area contributed by atoms with Gasteiger partial charge in [-0.25, -0.2) is 0 Å². The minimum atomic E-state index is -2.86. The molecular weight excluding hydrogens is 326 g/mol. The van der Waals surface area contributed by atoms with E-state index in [4.69, 9.17) is 0 Å². The summed E-state index contributed by atoms with van der Waals surface area (Å²) in [6.45, 7) is -0.506. The van der Waals surface area contributed by atoms with Crippen molar-refractivity contribution < 1.29 is 18.3 Å². The zero-order valence-corrected chi connectivity index (χ0v) is 13.9. The molecule has 0 saturated heterocycles. The van der Waals surface area contributed by atoms with E-state index >= 15 is 0 Å². The van der Waals surface area contributed by atoms with Gasteiger partial charge in [-0.2, -0.15) is 8.78 Å².